The monoisotopic (exact) mass is 282 g/mol. The number of ether oxygens (including phenoxy) is 1. The topological polar surface area (TPSA) is 51.2 Å². The summed E-state index contributed by atoms with van der Waals surface area (Å²) in [6.07, 6.45) is 4.75. The minimum absolute atomic E-state index is 0.0185. The Kier molecular flexibility index (Phi) is 3.97. The predicted molar refractivity (Wildman–Crippen MR) is 81.0 cm³/mol. The first-order valence-electron chi connectivity index (χ1n) is 7.16. The van der Waals surface area contributed by atoms with Crippen LogP contribution in [0, 0.1) is 0 Å². The molecule has 2 heterocycles. The van der Waals surface area contributed by atoms with Crippen molar-refractivity contribution in [3.05, 3.63) is 60.4 Å². The van der Waals surface area contributed by atoms with Crippen molar-refractivity contribution in [3.63, 3.8) is 0 Å². The molecule has 3 rings (SSSR count). The molecule has 0 bridgehead atoms. The molecule has 108 valence electrons. The van der Waals surface area contributed by atoms with Crippen LogP contribution >= 0.6 is 0 Å². The summed E-state index contributed by atoms with van der Waals surface area (Å²) in [6.45, 7) is 1.21. The van der Waals surface area contributed by atoms with Gasteiger partial charge in [0.15, 0.2) is 0 Å². The van der Waals surface area contributed by atoms with Crippen LogP contribution in [0.4, 0.5) is 5.69 Å². The second-order valence-electron chi connectivity index (χ2n) is 5.26. The lowest BCUT2D eigenvalue weighted by Crippen LogP contribution is -2.44. The molecule has 4 heteroatoms. The molecule has 1 fully saturated rings. The number of aromatic nitrogens is 1. The fraction of sp³-hybridized carbons (Fsp3) is 0.294. The van der Waals surface area contributed by atoms with Crippen molar-refractivity contribution in [1.82, 2.24) is 4.98 Å². The third-order valence-electron chi connectivity index (χ3n) is 4.03. The summed E-state index contributed by atoms with van der Waals surface area (Å²) in [7, 11) is 0. The van der Waals surface area contributed by atoms with Crippen molar-refractivity contribution in [3.8, 4) is 0 Å². The number of pyridine rings is 1. The Hall–Kier alpha value is -2.20. The third-order valence-corrected chi connectivity index (χ3v) is 4.03. The van der Waals surface area contributed by atoms with E-state index < -0.39 is 5.41 Å². The standard InChI is InChI=1S/C17H18N2O2/c20-16(19-15-7-4-10-18-13-15)17(8-11-21-12-9-17)14-5-2-1-3-6-14/h1-7,10,13H,8-9,11-12H2,(H,19,20). The molecular weight excluding hydrogens is 264 g/mol. The van der Waals surface area contributed by atoms with Crippen LogP contribution in [0.3, 0.4) is 0 Å². The van der Waals surface area contributed by atoms with Gasteiger partial charge < -0.3 is 10.1 Å². The maximum atomic E-state index is 12.9. The highest BCUT2D eigenvalue weighted by atomic mass is 16.5. The molecule has 1 aromatic heterocycles. The van der Waals surface area contributed by atoms with Gasteiger partial charge in [-0.1, -0.05) is 30.3 Å². The molecule has 0 saturated carbocycles. The number of carbonyl (C=O) groups is 1. The fourth-order valence-electron chi connectivity index (χ4n) is 2.81. The maximum absolute atomic E-state index is 12.9. The van der Waals surface area contributed by atoms with Crippen LogP contribution in [0.1, 0.15) is 18.4 Å². The molecule has 0 atom stereocenters. The van der Waals surface area contributed by atoms with Gasteiger partial charge in [0.1, 0.15) is 0 Å². The minimum Gasteiger partial charge on any atom is -0.381 e. The Bertz CT molecular complexity index is 593. The maximum Gasteiger partial charge on any atom is 0.235 e. The summed E-state index contributed by atoms with van der Waals surface area (Å²) in [4.78, 5) is 16.9. The smallest absolute Gasteiger partial charge is 0.235 e. The summed E-state index contributed by atoms with van der Waals surface area (Å²) in [5.74, 6) is 0.0185. The van der Waals surface area contributed by atoms with E-state index in [0.29, 0.717) is 26.1 Å². The number of benzene rings is 1. The summed E-state index contributed by atoms with van der Waals surface area (Å²) in [5.41, 5.74) is 1.26. The van der Waals surface area contributed by atoms with Crippen molar-refractivity contribution < 1.29 is 9.53 Å². The zero-order chi connectivity index (χ0) is 14.5. The highest BCUT2D eigenvalue weighted by Gasteiger charge is 2.41. The molecular formula is C17H18N2O2. The van der Waals surface area contributed by atoms with Crippen LogP contribution in [0.15, 0.2) is 54.9 Å². The van der Waals surface area contributed by atoms with E-state index in [1.54, 1.807) is 12.4 Å². The molecule has 2 aromatic rings. The summed E-state index contributed by atoms with van der Waals surface area (Å²) in [6, 6.07) is 13.6. The molecule has 1 saturated heterocycles. The highest BCUT2D eigenvalue weighted by Crippen LogP contribution is 2.36. The molecule has 1 N–H and O–H groups in total. The number of hydrogen-bond acceptors (Lipinski definition) is 3. The molecule has 1 aliphatic rings. The van der Waals surface area contributed by atoms with Gasteiger partial charge in [-0.3, -0.25) is 9.78 Å². The highest BCUT2D eigenvalue weighted by molar-refractivity contribution is 5.99. The average Bonchev–Trinajstić information content (AvgIpc) is 2.57. The van der Waals surface area contributed by atoms with Gasteiger partial charge in [0, 0.05) is 19.4 Å². The fourth-order valence-corrected chi connectivity index (χ4v) is 2.81. The molecule has 1 aliphatic heterocycles. The number of nitrogens with zero attached hydrogens (tertiary/aromatic N) is 1. The zero-order valence-corrected chi connectivity index (χ0v) is 11.8. The van der Waals surface area contributed by atoms with E-state index in [-0.39, 0.29) is 5.91 Å². The first kappa shape index (κ1) is 13.8. The SMILES string of the molecule is O=C(Nc1cccnc1)C1(c2ccccc2)CCOCC1. The third kappa shape index (κ3) is 2.81. The van der Waals surface area contributed by atoms with E-state index >= 15 is 0 Å². The van der Waals surface area contributed by atoms with Gasteiger partial charge in [-0.25, -0.2) is 0 Å². The summed E-state index contributed by atoms with van der Waals surface area (Å²) < 4.78 is 5.45. The van der Waals surface area contributed by atoms with Crippen LogP contribution in [0.5, 0.6) is 0 Å². The molecule has 0 radical (unpaired) electrons. The van der Waals surface area contributed by atoms with Gasteiger partial charge in [-0.05, 0) is 30.5 Å². The lowest BCUT2D eigenvalue weighted by molar-refractivity contribution is -0.125. The van der Waals surface area contributed by atoms with Crippen LogP contribution in [-0.4, -0.2) is 24.1 Å². The first-order valence-corrected chi connectivity index (χ1v) is 7.16. The average molecular weight is 282 g/mol. The summed E-state index contributed by atoms with van der Waals surface area (Å²) >= 11 is 0. The largest absolute Gasteiger partial charge is 0.381 e. The second kappa shape index (κ2) is 6.06. The van der Waals surface area contributed by atoms with Crippen LogP contribution in [-0.2, 0) is 14.9 Å². The van der Waals surface area contributed by atoms with Gasteiger partial charge in [0.25, 0.3) is 0 Å². The minimum atomic E-state index is -0.519. The van der Waals surface area contributed by atoms with Gasteiger partial charge in [-0.2, -0.15) is 0 Å². The molecule has 1 amide bonds. The number of anilines is 1. The van der Waals surface area contributed by atoms with Gasteiger partial charge in [0.05, 0.1) is 17.3 Å². The van der Waals surface area contributed by atoms with Crippen molar-refractivity contribution in [2.75, 3.05) is 18.5 Å². The Morgan fingerprint density at radius 2 is 1.86 bits per heavy atom. The molecule has 0 aliphatic carbocycles. The number of hydrogen-bond donors (Lipinski definition) is 1. The predicted octanol–water partition coefficient (Wildman–Crippen LogP) is 2.77. The molecule has 0 unspecified atom stereocenters. The number of amides is 1. The number of nitrogens with one attached hydrogen (secondary N) is 1. The van der Waals surface area contributed by atoms with Crippen LogP contribution in [0.2, 0.25) is 0 Å². The lowest BCUT2D eigenvalue weighted by atomic mass is 9.73. The van der Waals surface area contributed by atoms with Crippen molar-refractivity contribution >= 4 is 11.6 Å². The van der Waals surface area contributed by atoms with Crippen LogP contribution in [0.25, 0.3) is 0 Å². The van der Waals surface area contributed by atoms with E-state index in [1.807, 2.05) is 42.5 Å². The van der Waals surface area contributed by atoms with E-state index in [0.717, 1.165) is 11.3 Å². The molecule has 4 nitrogen and oxygen atoms in total. The lowest BCUT2D eigenvalue weighted by Gasteiger charge is -2.36. The quantitative estimate of drug-likeness (QED) is 0.941. The number of carbonyl (C=O) groups excluding carboxylic acids is 1. The van der Waals surface area contributed by atoms with Gasteiger partial charge in [-0.15, -0.1) is 0 Å². The number of rotatable bonds is 3. The Morgan fingerprint density at radius 1 is 1.10 bits per heavy atom. The second-order valence-corrected chi connectivity index (χ2v) is 5.26. The molecule has 0 spiro atoms. The van der Waals surface area contributed by atoms with Crippen molar-refractivity contribution in [1.29, 1.82) is 0 Å². The van der Waals surface area contributed by atoms with E-state index in [4.69, 9.17) is 4.74 Å². The normalized spacial score (nSPS) is 17.1. The Labute approximate surface area is 124 Å². The zero-order valence-electron chi connectivity index (χ0n) is 11.8. The van der Waals surface area contributed by atoms with Crippen molar-refractivity contribution in [2.45, 2.75) is 18.3 Å². The van der Waals surface area contributed by atoms with E-state index in [2.05, 4.69) is 10.3 Å². The van der Waals surface area contributed by atoms with Gasteiger partial charge >= 0.3 is 0 Å². The Balaban J connectivity index is 1.90. The van der Waals surface area contributed by atoms with Crippen molar-refractivity contribution in [2.24, 2.45) is 0 Å². The molecule has 21 heavy (non-hydrogen) atoms. The summed E-state index contributed by atoms with van der Waals surface area (Å²) in [5, 5.41) is 2.99. The first-order chi connectivity index (χ1) is 10.3. The Morgan fingerprint density at radius 3 is 2.52 bits per heavy atom. The van der Waals surface area contributed by atoms with Gasteiger partial charge in [0.2, 0.25) is 5.91 Å². The van der Waals surface area contributed by atoms with E-state index in [1.165, 1.54) is 0 Å². The van der Waals surface area contributed by atoms with E-state index in [9.17, 15) is 4.79 Å². The van der Waals surface area contributed by atoms with Crippen LogP contribution < -0.4 is 5.32 Å². The molecule has 1 aromatic carbocycles.